The molecule has 2 N–H and O–H groups in total. The first-order valence-corrected chi connectivity index (χ1v) is 8.69. The molecule has 0 amide bonds. The largest absolute Gasteiger partial charge is 0.493 e. The molecule has 0 spiro atoms. The third-order valence-corrected chi connectivity index (χ3v) is 4.01. The van der Waals surface area contributed by atoms with Gasteiger partial charge >= 0.3 is 0 Å². The van der Waals surface area contributed by atoms with Crippen LogP contribution in [0.4, 0.5) is 11.6 Å². The highest BCUT2D eigenvalue weighted by molar-refractivity contribution is 5.47. The lowest BCUT2D eigenvalue weighted by Gasteiger charge is -2.11. The van der Waals surface area contributed by atoms with Gasteiger partial charge in [0.05, 0.1) is 26.5 Å². The average molecular weight is 365 g/mol. The molecule has 0 aliphatic heterocycles. The van der Waals surface area contributed by atoms with E-state index in [4.69, 9.17) is 9.47 Å². The minimum absolute atomic E-state index is 0.614. The molecule has 0 saturated heterocycles. The smallest absolute Gasteiger partial charge is 0.160 e. The number of nitrogens with one attached hydrogen (secondary N) is 2. The van der Waals surface area contributed by atoms with Crippen LogP contribution in [-0.2, 0) is 13.0 Å². The van der Waals surface area contributed by atoms with Crippen LogP contribution in [0.1, 0.15) is 11.3 Å². The van der Waals surface area contributed by atoms with Gasteiger partial charge in [-0.2, -0.15) is 0 Å². The predicted molar refractivity (Wildman–Crippen MR) is 105 cm³/mol. The number of hydrogen-bond donors (Lipinski definition) is 2. The summed E-state index contributed by atoms with van der Waals surface area (Å²) < 4.78 is 10.6. The molecule has 0 fully saturated rings. The van der Waals surface area contributed by atoms with Crippen molar-refractivity contribution in [3.63, 3.8) is 0 Å². The molecule has 0 unspecified atom stereocenters. The normalized spacial score (nSPS) is 10.3. The first kappa shape index (κ1) is 18.4. The molecule has 0 aliphatic rings. The third kappa shape index (κ3) is 5.31. The van der Waals surface area contributed by atoms with Crippen LogP contribution < -0.4 is 20.1 Å². The number of nitrogens with zero attached hydrogens (tertiary/aromatic N) is 3. The van der Waals surface area contributed by atoms with E-state index in [0.29, 0.717) is 6.54 Å². The van der Waals surface area contributed by atoms with E-state index in [1.165, 1.54) is 0 Å². The second-order valence-corrected chi connectivity index (χ2v) is 5.83. The fourth-order valence-electron chi connectivity index (χ4n) is 2.61. The van der Waals surface area contributed by atoms with Gasteiger partial charge in [0.2, 0.25) is 0 Å². The number of anilines is 2. The maximum Gasteiger partial charge on any atom is 0.160 e. The van der Waals surface area contributed by atoms with Crippen molar-refractivity contribution in [2.45, 2.75) is 13.0 Å². The van der Waals surface area contributed by atoms with Crippen LogP contribution >= 0.6 is 0 Å². The summed E-state index contributed by atoms with van der Waals surface area (Å²) in [6, 6.07) is 13.6. The van der Waals surface area contributed by atoms with Crippen molar-refractivity contribution in [3.8, 4) is 11.5 Å². The van der Waals surface area contributed by atoms with Gasteiger partial charge in [-0.3, -0.25) is 4.98 Å². The predicted octanol–water partition coefficient (Wildman–Crippen LogP) is 3.16. The van der Waals surface area contributed by atoms with E-state index in [1.54, 1.807) is 26.7 Å². The molecule has 2 heterocycles. The Morgan fingerprint density at radius 3 is 2.41 bits per heavy atom. The Hall–Kier alpha value is -3.35. The first-order valence-electron chi connectivity index (χ1n) is 8.69. The number of hydrogen-bond acceptors (Lipinski definition) is 7. The zero-order valence-electron chi connectivity index (χ0n) is 15.5. The van der Waals surface area contributed by atoms with Crippen molar-refractivity contribution in [1.29, 1.82) is 0 Å². The molecule has 27 heavy (non-hydrogen) atoms. The maximum absolute atomic E-state index is 5.34. The molecule has 7 nitrogen and oxygen atoms in total. The Kier molecular flexibility index (Phi) is 6.40. The number of aromatic nitrogens is 3. The lowest BCUT2D eigenvalue weighted by atomic mass is 10.1. The SMILES string of the molecule is COc1ccc(CCNc2cc(NCc3ccccn3)ncn2)cc1OC. The molecular formula is C20H23N5O2. The highest BCUT2D eigenvalue weighted by Crippen LogP contribution is 2.27. The molecule has 3 rings (SSSR count). The molecule has 140 valence electrons. The van der Waals surface area contributed by atoms with Crippen molar-refractivity contribution < 1.29 is 9.47 Å². The summed E-state index contributed by atoms with van der Waals surface area (Å²) in [5.74, 6) is 2.99. The van der Waals surface area contributed by atoms with Crippen molar-refractivity contribution in [2.24, 2.45) is 0 Å². The zero-order valence-corrected chi connectivity index (χ0v) is 15.5. The summed E-state index contributed by atoms with van der Waals surface area (Å²) >= 11 is 0. The lowest BCUT2D eigenvalue weighted by Crippen LogP contribution is -2.08. The van der Waals surface area contributed by atoms with Gasteiger partial charge < -0.3 is 20.1 Å². The second kappa shape index (κ2) is 9.38. The number of benzene rings is 1. The van der Waals surface area contributed by atoms with E-state index in [-0.39, 0.29) is 0 Å². The van der Waals surface area contributed by atoms with Gasteiger partial charge in [0.15, 0.2) is 11.5 Å². The van der Waals surface area contributed by atoms with Gasteiger partial charge in [-0.25, -0.2) is 9.97 Å². The Bertz CT molecular complexity index is 858. The summed E-state index contributed by atoms with van der Waals surface area (Å²) in [6.07, 6.45) is 4.15. The Labute approximate surface area is 158 Å². The van der Waals surface area contributed by atoms with E-state index < -0.39 is 0 Å². The molecule has 1 aromatic carbocycles. The standard InChI is InChI=1S/C20H23N5O2/c1-26-17-7-6-15(11-18(17)27-2)8-10-22-19-12-20(25-14-24-19)23-13-16-5-3-4-9-21-16/h3-7,9,11-12,14H,8,10,13H2,1-2H3,(H2,22,23,24,25). The van der Waals surface area contributed by atoms with Crippen molar-refractivity contribution >= 4 is 11.6 Å². The average Bonchev–Trinajstić information content (AvgIpc) is 2.73. The van der Waals surface area contributed by atoms with Gasteiger partial charge in [-0.1, -0.05) is 12.1 Å². The fourth-order valence-corrected chi connectivity index (χ4v) is 2.61. The molecule has 0 aliphatic carbocycles. The summed E-state index contributed by atoms with van der Waals surface area (Å²) in [6.45, 7) is 1.36. The Morgan fingerprint density at radius 1 is 0.852 bits per heavy atom. The van der Waals surface area contributed by atoms with Crippen LogP contribution in [0.15, 0.2) is 55.0 Å². The molecule has 0 atom stereocenters. The quantitative estimate of drug-likeness (QED) is 0.603. The molecule has 2 aromatic heterocycles. The molecule has 0 saturated carbocycles. The summed E-state index contributed by atoms with van der Waals surface area (Å²) in [5, 5.41) is 6.57. The number of rotatable bonds is 9. The topological polar surface area (TPSA) is 81.2 Å². The van der Waals surface area contributed by atoms with E-state index in [0.717, 1.165) is 47.4 Å². The third-order valence-electron chi connectivity index (χ3n) is 4.01. The van der Waals surface area contributed by atoms with E-state index >= 15 is 0 Å². The lowest BCUT2D eigenvalue weighted by molar-refractivity contribution is 0.354. The van der Waals surface area contributed by atoms with E-state index in [2.05, 4.69) is 25.6 Å². The van der Waals surface area contributed by atoms with Crippen LogP contribution in [0.25, 0.3) is 0 Å². The minimum Gasteiger partial charge on any atom is -0.493 e. The molecule has 3 aromatic rings. The molecule has 0 bridgehead atoms. The summed E-state index contributed by atoms with van der Waals surface area (Å²) in [4.78, 5) is 12.8. The molecule has 7 heteroatoms. The van der Waals surface area contributed by atoms with Crippen LogP contribution in [0.2, 0.25) is 0 Å². The highest BCUT2D eigenvalue weighted by Gasteiger charge is 2.05. The van der Waals surface area contributed by atoms with Crippen LogP contribution in [0, 0.1) is 0 Å². The fraction of sp³-hybridized carbons (Fsp3) is 0.250. The van der Waals surface area contributed by atoms with Gasteiger partial charge in [0.1, 0.15) is 18.0 Å². The van der Waals surface area contributed by atoms with Crippen LogP contribution in [0.5, 0.6) is 11.5 Å². The molecular weight excluding hydrogens is 342 g/mol. The van der Waals surface area contributed by atoms with Gasteiger partial charge in [0.25, 0.3) is 0 Å². The highest BCUT2D eigenvalue weighted by atomic mass is 16.5. The zero-order chi connectivity index (χ0) is 18.9. The van der Waals surface area contributed by atoms with Crippen LogP contribution in [-0.4, -0.2) is 35.7 Å². The summed E-state index contributed by atoms with van der Waals surface area (Å²) in [7, 11) is 3.27. The van der Waals surface area contributed by atoms with E-state index in [9.17, 15) is 0 Å². The van der Waals surface area contributed by atoms with Gasteiger partial charge in [-0.05, 0) is 36.2 Å². The van der Waals surface area contributed by atoms with Gasteiger partial charge in [-0.15, -0.1) is 0 Å². The van der Waals surface area contributed by atoms with E-state index in [1.807, 2.05) is 42.5 Å². The Morgan fingerprint density at radius 2 is 1.67 bits per heavy atom. The number of ether oxygens (including phenoxy) is 2. The monoisotopic (exact) mass is 365 g/mol. The molecule has 0 radical (unpaired) electrons. The number of methoxy groups -OCH3 is 2. The number of pyridine rings is 1. The Balaban J connectivity index is 1.52. The van der Waals surface area contributed by atoms with Crippen molar-refractivity contribution in [1.82, 2.24) is 15.0 Å². The second-order valence-electron chi connectivity index (χ2n) is 5.83. The maximum atomic E-state index is 5.34. The van der Waals surface area contributed by atoms with Crippen LogP contribution in [0.3, 0.4) is 0 Å². The summed E-state index contributed by atoms with van der Waals surface area (Å²) in [5.41, 5.74) is 2.11. The van der Waals surface area contributed by atoms with Crippen molar-refractivity contribution in [3.05, 3.63) is 66.2 Å². The first-order chi connectivity index (χ1) is 13.3. The minimum atomic E-state index is 0.614. The van der Waals surface area contributed by atoms with Gasteiger partial charge in [0, 0.05) is 18.8 Å². The van der Waals surface area contributed by atoms with Crippen molar-refractivity contribution in [2.75, 3.05) is 31.4 Å².